The van der Waals surface area contributed by atoms with Crippen LogP contribution in [0, 0.1) is 10.8 Å². The monoisotopic (exact) mass is 381 g/mol. The van der Waals surface area contributed by atoms with E-state index >= 15 is 8.78 Å². The molecule has 0 amide bonds. The summed E-state index contributed by atoms with van der Waals surface area (Å²) in [5.41, 5.74) is 5.94. The van der Waals surface area contributed by atoms with Gasteiger partial charge in [-0.3, -0.25) is 20.8 Å². The van der Waals surface area contributed by atoms with E-state index in [1.54, 1.807) is 18.3 Å². The molecular formula is C19H17F2N7. The normalized spacial score (nSPS) is 12.6. The Morgan fingerprint density at radius 3 is 2.75 bits per heavy atom. The van der Waals surface area contributed by atoms with Crippen molar-refractivity contribution in [3.8, 4) is 0 Å². The van der Waals surface area contributed by atoms with Gasteiger partial charge in [0.1, 0.15) is 5.49 Å². The zero-order chi connectivity index (χ0) is 20.3. The topological polar surface area (TPSA) is 117 Å². The Balaban J connectivity index is 2.07. The molecule has 0 radical (unpaired) electrons. The number of benzene rings is 1. The Bertz CT molecular complexity index is 1160. The van der Waals surface area contributed by atoms with Crippen molar-refractivity contribution in [1.82, 2.24) is 14.8 Å². The molecule has 3 rings (SSSR count). The standard InChI is InChI=1S/C19H17F2N7/c1-25-11-13(10-22)16-6-7-17(23)28(27-16)18(24)19(20,21)14-4-5-15-12(9-14)3-2-8-26-15/h2-11,23-24H,22H2,1H3/b13-10+,23-17?,24-18?,25-11?. The maximum Gasteiger partial charge on any atom is 0.331 e. The molecular weight excluding hydrogens is 364 g/mol. The van der Waals surface area contributed by atoms with Crippen LogP contribution in [0.3, 0.4) is 0 Å². The zero-order valence-corrected chi connectivity index (χ0v) is 14.9. The second-order valence-electron chi connectivity index (χ2n) is 5.86. The van der Waals surface area contributed by atoms with E-state index in [4.69, 9.17) is 16.6 Å². The van der Waals surface area contributed by atoms with E-state index in [0.717, 1.165) is 0 Å². The van der Waals surface area contributed by atoms with Crippen LogP contribution >= 0.6 is 0 Å². The molecule has 7 nitrogen and oxygen atoms in total. The molecule has 0 fully saturated rings. The van der Waals surface area contributed by atoms with Crippen LogP contribution in [0.4, 0.5) is 8.78 Å². The SMILES string of the molecule is CN=C/C(=C\N)c1ccc(=N)n(C(=N)C(F)(F)c2ccc3ncccc3c2)n1. The first-order valence-electron chi connectivity index (χ1n) is 8.20. The van der Waals surface area contributed by atoms with E-state index < -0.39 is 11.8 Å². The number of allylic oxidation sites excluding steroid dienone is 1. The van der Waals surface area contributed by atoms with Crippen LogP contribution in [-0.2, 0) is 5.92 Å². The summed E-state index contributed by atoms with van der Waals surface area (Å²) < 4.78 is 30.7. The Hall–Kier alpha value is -3.75. The minimum Gasteiger partial charge on any atom is -0.404 e. The lowest BCUT2D eigenvalue weighted by molar-refractivity contribution is 0.0697. The van der Waals surface area contributed by atoms with Gasteiger partial charge in [-0.1, -0.05) is 12.1 Å². The van der Waals surface area contributed by atoms with Crippen LogP contribution in [0.15, 0.2) is 59.9 Å². The van der Waals surface area contributed by atoms with Gasteiger partial charge in [-0.05, 0) is 30.3 Å². The lowest BCUT2D eigenvalue weighted by Crippen LogP contribution is -2.39. The molecule has 0 atom stereocenters. The summed E-state index contributed by atoms with van der Waals surface area (Å²) in [5.74, 6) is -4.82. The minimum atomic E-state index is -3.68. The number of nitrogens with two attached hydrogens (primary N) is 1. The number of pyridine rings is 1. The Morgan fingerprint density at radius 2 is 2.04 bits per heavy atom. The number of nitrogens with one attached hydrogen (secondary N) is 2. The van der Waals surface area contributed by atoms with Gasteiger partial charge in [0.05, 0.1) is 11.2 Å². The lowest BCUT2D eigenvalue weighted by Gasteiger charge is -2.19. The summed E-state index contributed by atoms with van der Waals surface area (Å²) >= 11 is 0. The molecule has 1 aromatic carbocycles. The van der Waals surface area contributed by atoms with Crippen LogP contribution in [0.25, 0.3) is 16.5 Å². The summed E-state index contributed by atoms with van der Waals surface area (Å²) in [6.07, 6.45) is 4.21. The van der Waals surface area contributed by atoms with E-state index in [9.17, 15) is 0 Å². The summed E-state index contributed by atoms with van der Waals surface area (Å²) in [4.78, 5) is 7.93. The number of alkyl halides is 2. The second-order valence-corrected chi connectivity index (χ2v) is 5.86. The molecule has 0 aliphatic carbocycles. The Morgan fingerprint density at radius 1 is 1.25 bits per heavy atom. The predicted molar refractivity (Wildman–Crippen MR) is 103 cm³/mol. The number of aromatic nitrogens is 3. The zero-order valence-electron chi connectivity index (χ0n) is 14.9. The smallest absolute Gasteiger partial charge is 0.331 e. The largest absolute Gasteiger partial charge is 0.404 e. The highest BCUT2D eigenvalue weighted by Gasteiger charge is 2.39. The number of rotatable bonds is 4. The third-order valence-electron chi connectivity index (χ3n) is 4.05. The lowest BCUT2D eigenvalue weighted by atomic mass is 10.0. The number of hydrogen-bond donors (Lipinski definition) is 3. The van der Waals surface area contributed by atoms with E-state index in [2.05, 4.69) is 15.1 Å². The fourth-order valence-corrected chi connectivity index (χ4v) is 2.62. The van der Waals surface area contributed by atoms with Gasteiger partial charge in [0.15, 0.2) is 5.84 Å². The molecule has 9 heteroatoms. The molecule has 2 heterocycles. The van der Waals surface area contributed by atoms with E-state index in [0.29, 0.717) is 21.2 Å². The van der Waals surface area contributed by atoms with E-state index in [-0.39, 0.29) is 16.7 Å². The molecule has 142 valence electrons. The van der Waals surface area contributed by atoms with Gasteiger partial charge in [0.2, 0.25) is 0 Å². The molecule has 0 unspecified atom stereocenters. The summed E-state index contributed by atoms with van der Waals surface area (Å²) in [7, 11) is 1.53. The van der Waals surface area contributed by atoms with Gasteiger partial charge >= 0.3 is 5.92 Å². The third kappa shape index (κ3) is 3.41. The molecule has 0 spiro atoms. The molecule has 0 aliphatic rings. The van der Waals surface area contributed by atoms with Crippen LogP contribution in [-0.4, -0.2) is 33.9 Å². The maximum atomic E-state index is 15.1. The summed E-state index contributed by atoms with van der Waals surface area (Å²) in [5, 5.41) is 20.5. The number of aliphatic imine (C=N–C) groups is 1. The Kier molecular flexibility index (Phi) is 5.08. The van der Waals surface area contributed by atoms with Gasteiger partial charge < -0.3 is 5.73 Å². The van der Waals surface area contributed by atoms with Crippen molar-refractivity contribution in [2.45, 2.75) is 5.92 Å². The quantitative estimate of drug-likeness (QED) is 0.476. The molecule has 0 bridgehead atoms. The van der Waals surface area contributed by atoms with Gasteiger partial charge in [0.25, 0.3) is 0 Å². The highest BCUT2D eigenvalue weighted by Crippen LogP contribution is 2.31. The highest BCUT2D eigenvalue weighted by molar-refractivity contribution is 6.08. The van der Waals surface area contributed by atoms with E-state index in [1.165, 1.54) is 49.8 Å². The van der Waals surface area contributed by atoms with Crippen LogP contribution in [0.2, 0.25) is 0 Å². The minimum absolute atomic E-state index is 0.215. The molecule has 0 saturated heterocycles. The fourth-order valence-electron chi connectivity index (χ4n) is 2.62. The average molecular weight is 381 g/mol. The van der Waals surface area contributed by atoms with Gasteiger partial charge in [-0.2, -0.15) is 18.6 Å². The Labute approximate surface area is 158 Å². The second kappa shape index (κ2) is 7.47. The van der Waals surface area contributed by atoms with Crippen molar-refractivity contribution in [2.75, 3.05) is 7.05 Å². The van der Waals surface area contributed by atoms with Crippen LogP contribution in [0.1, 0.15) is 11.3 Å². The van der Waals surface area contributed by atoms with Crippen LogP contribution < -0.4 is 11.2 Å². The first-order chi connectivity index (χ1) is 13.4. The number of nitrogens with zero attached hydrogens (tertiary/aromatic N) is 4. The van der Waals surface area contributed by atoms with Crippen molar-refractivity contribution in [3.63, 3.8) is 0 Å². The van der Waals surface area contributed by atoms with Crippen molar-refractivity contribution in [3.05, 3.63) is 71.6 Å². The molecule has 3 aromatic rings. The number of halogens is 2. The highest BCUT2D eigenvalue weighted by atomic mass is 19.3. The number of fused-ring (bicyclic) bond motifs is 1. The third-order valence-corrected chi connectivity index (χ3v) is 4.05. The molecule has 4 N–H and O–H groups in total. The molecule has 28 heavy (non-hydrogen) atoms. The summed E-state index contributed by atoms with van der Waals surface area (Å²) in [6, 6.07) is 9.99. The van der Waals surface area contributed by atoms with Crippen molar-refractivity contribution < 1.29 is 8.78 Å². The van der Waals surface area contributed by atoms with Crippen LogP contribution in [0.5, 0.6) is 0 Å². The molecule has 0 saturated carbocycles. The first-order valence-corrected chi connectivity index (χ1v) is 8.20. The van der Waals surface area contributed by atoms with Gasteiger partial charge in [-0.15, -0.1) is 0 Å². The summed E-state index contributed by atoms with van der Waals surface area (Å²) in [6.45, 7) is 0. The number of hydrogen-bond acceptors (Lipinski definition) is 6. The van der Waals surface area contributed by atoms with Gasteiger partial charge in [0, 0.05) is 42.2 Å². The first kappa shape index (κ1) is 19.0. The van der Waals surface area contributed by atoms with Crippen molar-refractivity contribution in [1.29, 1.82) is 10.8 Å². The molecule has 2 aromatic heterocycles. The molecule has 0 aliphatic heterocycles. The fraction of sp³-hybridized carbons (Fsp3) is 0.105. The van der Waals surface area contributed by atoms with Gasteiger partial charge in [-0.25, -0.2) is 0 Å². The van der Waals surface area contributed by atoms with Crippen molar-refractivity contribution >= 4 is 28.5 Å². The average Bonchev–Trinajstić information content (AvgIpc) is 2.71. The van der Waals surface area contributed by atoms with Crippen molar-refractivity contribution in [2.24, 2.45) is 10.7 Å². The predicted octanol–water partition coefficient (Wildman–Crippen LogP) is 2.53. The maximum absolute atomic E-state index is 15.1. The van der Waals surface area contributed by atoms with E-state index in [1.807, 2.05) is 0 Å².